The highest BCUT2D eigenvalue weighted by molar-refractivity contribution is 5.93. The molecule has 0 saturated carbocycles. The maximum atomic E-state index is 12.2. The standard InChI is InChI=1S/C16H16N2O6/c1-9-8-12(11-6-4-5-7-13(11)18(22)23)14(15(19)24-3)10(2)17(9)16(20)21/h4-8,12H,1-3H3,(H,20,21). The van der Waals surface area contributed by atoms with E-state index in [4.69, 9.17) is 4.74 Å². The Balaban J connectivity index is 2.71. The Hall–Kier alpha value is -3.16. The van der Waals surface area contributed by atoms with Gasteiger partial charge in [-0.05, 0) is 13.8 Å². The largest absolute Gasteiger partial charge is 0.466 e. The van der Waals surface area contributed by atoms with Crippen LogP contribution >= 0.6 is 0 Å². The molecule has 1 heterocycles. The summed E-state index contributed by atoms with van der Waals surface area (Å²) in [5.74, 6) is -1.50. The van der Waals surface area contributed by atoms with Gasteiger partial charge in [-0.15, -0.1) is 0 Å². The van der Waals surface area contributed by atoms with Crippen molar-refractivity contribution in [2.45, 2.75) is 19.8 Å². The van der Waals surface area contributed by atoms with Gasteiger partial charge in [-0.3, -0.25) is 15.0 Å². The number of benzene rings is 1. The van der Waals surface area contributed by atoms with E-state index in [0.29, 0.717) is 11.3 Å². The van der Waals surface area contributed by atoms with Crippen molar-refractivity contribution in [3.63, 3.8) is 0 Å². The number of carbonyl (C=O) groups is 2. The SMILES string of the molecule is COC(=O)C1=C(C)N(C(=O)O)C(C)=CC1c1ccccc1[N+](=O)[O-]. The van der Waals surface area contributed by atoms with Gasteiger partial charge in [0, 0.05) is 28.9 Å². The molecule has 0 bridgehead atoms. The Morgan fingerprint density at radius 3 is 2.46 bits per heavy atom. The summed E-state index contributed by atoms with van der Waals surface area (Å²) in [6.45, 7) is 3.03. The van der Waals surface area contributed by atoms with Crippen molar-refractivity contribution >= 4 is 17.7 Å². The molecule has 0 aliphatic carbocycles. The van der Waals surface area contributed by atoms with E-state index >= 15 is 0 Å². The number of carbonyl (C=O) groups excluding carboxylic acids is 1. The van der Waals surface area contributed by atoms with Gasteiger partial charge in [-0.2, -0.15) is 0 Å². The molecule has 1 aliphatic heterocycles. The first-order valence-corrected chi connectivity index (χ1v) is 7.03. The molecule has 8 heteroatoms. The lowest BCUT2D eigenvalue weighted by Gasteiger charge is -2.31. The first-order valence-electron chi connectivity index (χ1n) is 7.03. The van der Waals surface area contributed by atoms with Crippen molar-refractivity contribution in [1.82, 2.24) is 4.90 Å². The number of para-hydroxylation sites is 1. The number of carboxylic acid groups (broad SMARTS) is 1. The van der Waals surface area contributed by atoms with E-state index in [0.717, 1.165) is 4.90 Å². The number of esters is 1. The zero-order valence-corrected chi connectivity index (χ0v) is 13.3. The summed E-state index contributed by atoms with van der Waals surface area (Å²) >= 11 is 0. The molecule has 0 saturated heterocycles. The molecule has 126 valence electrons. The highest BCUT2D eigenvalue weighted by Gasteiger charge is 2.36. The zero-order chi connectivity index (χ0) is 18.0. The Bertz CT molecular complexity index is 781. The molecule has 0 radical (unpaired) electrons. The Morgan fingerprint density at radius 1 is 1.29 bits per heavy atom. The Labute approximate surface area is 137 Å². The number of nitro benzene ring substituents is 1. The fraction of sp³-hybridized carbons (Fsp3) is 0.250. The van der Waals surface area contributed by atoms with Gasteiger partial charge in [0.05, 0.1) is 17.6 Å². The minimum atomic E-state index is -1.25. The highest BCUT2D eigenvalue weighted by Crippen LogP contribution is 2.40. The second kappa shape index (κ2) is 6.53. The minimum Gasteiger partial charge on any atom is -0.466 e. The van der Waals surface area contributed by atoms with E-state index in [1.807, 2.05) is 0 Å². The van der Waals surface area contributed by atoms with E-state index in [1.54, 1.807) is 19.1 Å². The molecule has 8 nitrogen and oxygen atoms in total. The first-order chi connectivity index (χ1) is 11.3. The Kier molecular flexibility index (Phi) is 4.68. The molecule has 0 aromatic heterocycles. The van der Waals surface area contributed by atoms with Gasteiger partial charge in [0.15, 0.2) is 0 Å². The fourth-order valence-electron chi connectivity index (χ4n) is 2.85. The lowest BCUT2D eigenvalue weighted by atomic mass is 9.85. The maximum Gasteiger partial charge on any atom is 0.415 e. The van der Waals surface area contributed by atoms with E-state index in [2.05, 4.69) is 0 Å². The fourth-order valence-corrected chi connectivity index (χ4v) is 2.85. The van der Waals surface area contributed by atoms with Crippen LogP contribution in [0.1, 0.15) is 25.3 Å². The molecular weight excluding hydrogens is 316 g/mol. The van der Waals surface area contributed by atoms with E-state index < -0.39 is 22.9 Å². The van der Waals surface area contributed by atoms with Gasteiger partial charge in [-0.1, -0.05) is 24.3 Å². The van der Waals surface area contributed by atoms with Crippen LogP contribution in [0, 0.1) is 10.1 Å². The number of amides is 1. The van der Waals surface area contributed by atoms with Gasteiger partial charge < -0.3 is 9.84 Å². The monoisotopic (exact) mass is 332 g/mol. The van der Waals surface area contributed by atoms with E-state index in [-0.39, 0.29) is 17.0 Å². The third-order valence-corrected chi connectivity index (χ3v) is 3.86. The molecule has 1 aromatic rings. The third-order valence-electron chi connectivity index (χ3n) is 3.86. The van der Waals surface area contributed by atoms with Gasteiger partial charge in [0.2, 0.25) is 0 Å². The van der Waals surface area contributed by atoms with Crippen molar-refractivity contribution in [2.24, 2.45) is 0 Å². The number of hydrogen-bond acceptors (Lipinski definition) is 5. The van der Waals surface area contributed by atoms with Crippen molar-refractivity contribution < 1.29 is 24.4 Å². The number of allylic oxidation sites excluding steroid dienone is 3. The summed E-state index contributed by atoms with van der Waals surface area (Å²) in [6, 6.07) is 6.03. The second-order valence-corrected chi connectivity index (χ2v) is 5.21. The summed E-state index contributed by atoms with van der Waals surface area (Å²) in [4.78, 5) is 35.4. The predicted octanol–water partition coefficient (Wildman–Crippen LogP) is 3.02. The van der Waals surface area contributed by atoms with Crippen LogP contribution < -0.4 is 0 Å². The van der Waals surface area contributed by atoms with Crippen LogP contribution in [0.25, 0.3) is 0 Å². The Morgan fingerprint density at radius 2 is 1.92 bits per heavy atom. The molecule has 1 amide bonds. The van der Waals surface area contributed by atoms with Crippen LogP contribution in [-0.2, 0) is 9.53 Å². The molecule has 1 unspecified atom stereocenters. The molecule has 0 fully saturated rings. The minimum absolute atomic E-state index is 0.0554. The zero-order valence-electron chi connectivity index (χ0n) is 13.3. The van der Waals surface area contributed by atoms with Crippen LogP contribution in [-0.4, -0.2) is 34.1 Å². The van der Waals surface area contributed by atoms with E-state index in [9.17, 15) is 24.8 Å². The normalized spacial score (nSPS) is 17.4. The molecule has 1 aromatic carbocycles. The summed E-state index contributed by atoms with van der Waals surface area (Å²) in [5, 5.41) is 20.6. The van der Waals surface area contributed by atoms with Crippen LogP contribution in [0.15, 0.2) is 47.3 Å². The van der Waals surface area contributed by atoms with Gasteiger partial charge in [0.1, 0.15) is 0 Å². The molecule has 24 heavy (non-hydrogen) atoms. The average Bonchev–Trinajstić information content (AvgIpc) is 2.53. The smallest absolute Gasteiger partial charge is 0.415 e. The number of methoxy groups -OCH3 is 1. The molecule has 0 spiro atoms. The lowest BCUT2D eigenvalue weighted by Crippen LogP contribution is -2.33. The molecule has 2 rings (SSSR count). The van der Waals surface area contributed by atoms with Crippen LogP contribution in [0.2, 0.25) is 0 Å². The summed E-state index contributed by atoms with van der Waals surface area (Å²) in [5.41, 5.74) is 0.726. The van der Waals surface area contributed by atoms with Crippen LogP contribution in [0.3, 0.4) is 0 Å². The quantitative estimate of drug-likeness (QED) is 0.517. The van der Waals surface area contributed by atoms with Crippen molar-refractivity contribution in [1.29, 1.82) is 0 Å². The van der Waals surface area contributed by atoms with Gasteiger partial charge in [0.25, 0.3) is 5.69 Å². The molecule has 1 atom stereocenters. The maximum absolute atomic E-state index is 12.2. The topological polar surface area (TPSA) is 110 Å². The van der Waals surface area contributed by atoms with Crippen molar-refractivity contribution in [3.05, 3.63) is 63.0 Å². The predicted molar refractivity (Wildman–Crippen MR) is 84.2 cm³/mol. The third kappa shape index (κ3) is 2.85. The average molecular weight is 332 g/mol. The van der Waals surface area contributed by atoms with Gasteiger partial charge in [-0.25, -0.2) is 9.59 Å². The van der Waals surface area contributed by atoms with Crippen molar-refractivity contribution in [2.75, 3.05) is 7.11 Å². The molecule has 1 aliphatic rings. The summed E-state index contributed by atoms with van der Waals surface area (Å²) < 4.78 is 4.76. The number of hydrogen-bond donors (Lipinski definition) is 1. The summed E-state index contributed by atoms with van der Waals surface area (Å²) in [6.07, 6.45) is 0.263. The molecular formula is C16H16N2O6. The number of rotatable bonds is 3. The lowest BCUT2D eigenvalue weighted by molar-refractivity contribution is -0.385. The first kappa shape index (κ1) is 17.2. The number of nitrogens with zero attached hydrogens (tertiary/aromatic N) is 2. The van der Waals surface area contributed by atoms with Crippen LogP contribution in [0.5, 0.6) is 0 Å². The van der Waals surface area contributed by atoms with Crippen LogP contribution in [0.4, 0.5) is 10.5 Å². The van der Waals surface area contributed by atoms with Gasteiger partial charge >= 0.3 is 12.1 Å². The second-order valence-electron chi connectivity index (χ2n) is 5.21. The van der Waals surface area contributed by atoms with E-state index in [1.165, 1.54) is 32.2 Å². The number of nitro groups is 1. The number of ether oxygens (including phenoxy) is 1. The van der Waals surface area contributed by atoms with Crippen molar-refractivity contribution in [3.8, 4) is 0 Å². The molecule has 1 N–H and O–H groups in total. The highest BCUT2D eigenvalue weighted by atomic mass is 16.6. The summed E-state index contributed by atoms with van der Waals surface area (Å²) in [7, 11) is 1.18.